The molecule has 2 N–H and O–H groups in total. The van der Waals surface area contributed by atoms with Crippen LogP contribution in [-0.2, 0) is 0 Å². The van der Waals surface area contributed by atoms with E-state index >= 15 is 0 Å². The normalized spacial score (nSPS) is 20.9. The van der Waals surface area contributed by atoms with Crippen molar-refractivity contribution in [1.82, 2.24) is 4.98 Å². The molecule has 1 aromatic rings. The Morgan fingerprint density at radius 3 is 2.87 bits per heavy atom. The summed E-state index contributed by atoms with van der Waals surface area (Å²) < 4.78 is 0. The number of rotatable bonds is 2. The number of nitrogens with zero attached hydrogens (tertiary/aromatic N) is 2. The lowest BCUT2D eigenvalue weighted by atomic mass is 10.3. The van der Waals surface area contributed by atoms with Gasteiger partial charge >= 0.3 is 5.97 Å². The van der Waals surface area contributed by atoms with Crippen LogP contribution in [0.2, 0.25) is 0 Å². The molecule has 1 aliphatic heterocycles. The maximum atomic E-state index is 10.8. The summed E-state index contributed by atoms with van der Waals surface area (Å²) >= 11 is 1.17. The molecule has 0 saturated carbocycles. The summed E-state index contributed by atoms with van der Waals surface area (Å²) in [6, 6.07) is 0. The highest BCUT2D eigenvalue weighted by atomic mass is 32.1. The van der Waals surface area contributed by atoms with E-state index in [1.165, 1.54) is 11.3 Å². The van der Waals surface area contributed by atoms with Crippen LogP contribution in [0.15, 0.2) is 0 Å². The highest BCUT2D eigenvalue weighted by Gasteiger charge is 2.24. The van der Waals surface area contributed by atoms with Crippen LogP contribution in [0.25, 0.3) is 0 Å². The molecule has 2 heterocycles. The van der Waals surface area contributed by atoms with E-state index in [9.17, 15) is 9.90 Å². The Morgan fingerprint density at radius 2 is 2.40 bits per heavy atom. The molecule has 1 saturated heterocycles. The average Bonchev–Trinajstić information content (AvgIpc) is 2.71. The lowest BCUT2D eigenvalue weighted by Crippen LogP contribution is -2.20. The number of carboxylic acid groups (broad SMARTS) is 1. The first-order valence-electron chi connectivity index (χ1n) is 4.71. The maximum absolute atomic E-state index is 10.8. The van der Waals surface area contributed by atoms with E-state index < -0.39 is 5.97 Å². The summed E-state index contributed by atoms with van der Waals surface area (Å²) in [6.07, 6.45) is 0.406. The van der Waals surface area contributed by atoms with E-state index in [1.807, 2.05) is 4.90 Å². The molecule has 2 rings (SSSR count). The van der Waals surface area contributed by atoms with E-state index in [1.54, 1.807) is 6.92 Å². The van der Waals surface area contributed by atoms with Crippen molar-refractivity contribution in [2.45, 2.75) is 19.4 Å². The van der Waals surface area contributed by atoms with Crippen LogP contribution in [0.3, 0.4) is 0 Å². The number of carboxylic acids is 1. The molecule has 0 amide bonds. The molecule has 0 radical (unpaired) electrons. The van der Waals surface area contributed by atoms with Crippen LogP contribution in [0.5, 0.6) is 0 Å². The van der Waals surface area contributed by atoms with E-state index in [4.69, 9.17) is 5.11 Å². The lowest BCUT2D eigenvalue weighted by Gasteiger charge is -2.12. The van der Waals surface area contributed by atoms with Crippen LogP contribution in [-0.4, -0.2) is 40.4 Å². The Labute approximate surface area is 91.0 Å². The predicted octanol–water partition coefficient (Wildman–Crippen LogP) is 0.721. The topological polar surface area (TPSA) is 73.7 Å². The molecule has 82 valence electrons. The number of aliphatic hydroxyl groups is 1. The van der Waals surface area contributed by atoms with Crippen LogP contribution in [0, 0.1) is 6.92 Å². The zero-order chi connectivity index (χ0) is 11.0. The van der Waals surface area contributed by atoms with E-state index in [0.717, 1.165) is 13.0 Å². The molecule has 1 fully saturated rings. The number of anilines is 1. The van der Waals surface area contributed by atoms with E-state index in [-0.39, 0.29) is 11.0 Å². The quantitative estimate of drug-likeness (QED) is 0.780. The Morgan fingerprint density at radius 1 is 1.67 bits per heavy atom. The minimum Gasteiger partial charge on any atom is -0.477 e. The number of aromatic carboxylic acids is 1. The van der Waals surface area contributed by atoms with Crippen LogP contribution in [0.4, 0.5) is 5.13 Å². The SMILES string of the molecule is Cc1nc(N2CCC(O)C2)sc1C(=O)O. The zero-order valence-electron chi connectivity index (χ0n) is 8.30. The Kier molecular flexibility index (Phi) is 2.62. The molecular formula is C9H12N2O3S. The second kappa shape index (κ2) is 3.79. The Hall–Kier alpha value is -1.14. The number of aliphatic hydroxyl groups excluding tert-OH is 1. The van der Waals surface area contributed by atoms with Gasteiger partial charge in [0.2, 0.25) is 0 Å². The first kappa shape index (κ1) is 10.4. The molecular weight excluding hydrogens is 216 g/mol. The fourth-order valence-electron chi connectivity index (χ4n) is 1.63. The molecule has 0 aromatic carbocycles. The molecule has 0 bridgehead atoms. The second-order valence-corrected chi connectivity index (χ2v) is 4.58. The van der Waals surface area contributed by atoms with Gasteiger partial charge in [0, 0.05) is 13.1 Å². The van der Waals surface area contributed by atoms with Gasteiger partial charge in [-0.25, -0.2) is 9.78 Å². The largest absolute Gasteiger partial charge is 0.477 e. The van der Waals surface area contributed by atoms with Crippen LogP contribution in [0.1, 0.15) is 21.8 Å². The summed E-state index contributed by atoms with van der Waals surface area (Å²) in [5, 5.41) is 18.9. The molecule has 1 aromatic heterocycles. The van der Waals surface area contributed by atoms with Gasteiger partial charge in [-0.2, -0.15) is 0 Å². The third-order valence-electron chi connectivity index (χ3n) is 2.41. The van der Waals surface area contributed by atoms with E-state index in [2.05, 4.69) is 4.98 Å². The molecule has 0 spiro atoms. The third kappa shape index (κ3) is 1.95. The summed E-state index contributed by atoms with van der Waals surface area (Å²) in [6.45, 7) is 2.98. The number of hydrogen-bond acceptors (Lipinski definition) is 5. The summed E-state index contributed by atoms with van der Waals surface area (Å²) in [7, 11) is 0. The highest BCUT2D eigenvalue weighted by Crippen LogP contribution is 2.28. The summed E-state index contributed by atoms with van der Waals surface area (Å²) in [5.41, 5.74) is 0.545. The van der Waals surface area contributed by atoms with Crippen molar-refractivity contribution >= 4 is 22.4 Å². The second-order valence-electron chi connectivity index (χ2n) is 3.60. The fourth-order valence-corrected chi connectivity index (χ4v) is 2.57. The van der Waals surface area contributed by atoms with Gasteiger partial charge in [0.25, 0.3) is 0 Å². The first-order valence-corrected chi connectivity index (χ1v) is 5.53. The van der Waals surface area contributed by atoms with E-state index in [0.29, 0.717) is 17.4 Å². The Balaban J connectivity index is 2.23. The number of aromatic nitrogens is 1. The number of aryl methyl sites for hydroxylation is 1. The lowest BCUT2D eigenvalue weighted by molar-refractivity contribution is 0.0701. The van der Waals surface area contributed by atoms with Crippen molar-refractivity contribution in [1.29, 1.82) is 0 Å². The minimum absolute atomic E-state index is 0.284. The van der Waals surface area contributed by atoms with Crippen molar-refractivity contribution in [2.75, 3.05) is 18.0 Å². The molecule has 1 atom stereocenters. The molecule has 1 aliphatic rings. The predicted molar refractivity (Wildman–Crippen MR) is 56.6 cm³/mol. The van der Waals surface area contributed by atoms with Crippen molar-refractivity contribution in [3.63, 3.8) is 0 Å². The number of β-amino-alcohol motifs (C(OH)–C–C–N with tert-alkyl or cyclic N) is 1. The standard InChI is InChI=1S/C9H12N2O3S/c1-5-7(8(13)14)15-9(10-5)11-3-2-6(12)4-11/h6,12H,2-4H2,1H3,(H,13,14). The number of carbonyl (C=O) groups is 1. The van der Waals surface area contributed by atoms with Gasteiger partial charge in [-0.05, 0) is 13.3 Å². The average molecular weight is 228 g/mol. The maximum Gasteiger partial charge on any atom is 0.347 e. The van der Waals surface area contributed by atoms with Crippen molar-refractivity contribution in [2.24, 2.45) is 0 Å². The zero-order valence-corrected chi connectivity index (χ0v) is 9.12. The van der Waals surface area contributed by atoms with Gasteiger partial charge < -0.3 is 15.1 Å². The molecule has 15 heavy (non-hydrogen) atoms. The third-order valence-corrected chi connectivity index (χ3v) is 3.62. The van der Waals surface area contributed by atoms with Gasteiger partial charge in [0.05, 0.1) is 11.8 Å². The van der Waals surface area contributed by atoms with Gasteiger partial charge in [-0.3, -0.25) is 0 Å². The fraction of sp³-hybridized carbons (Fsp3) is 0.556. The highest BCUT2D eigenvalue weighted by molar-refractivity contribution is 7.17. The van der Waals surface area contributed by atoms with Gasteiger partial charge in [0.1, 0.15) is 4.88 Å². The molecule has 5 nitrogen and oxygen atoms in total. The molecule has 0 aliphatic carbocycles. The smallest absolute Gasteiger partial charge is 0.347 e. The number of thiazole rings is 1. The monoisotopic (exact) mass is 228 g/mol. The van der Waals surface area contributed by atoms with Gasteiger partial charge in [-0.15, -0.1) is 0 Å². The Bertz CT molecular complexity index is 391. The molecule has 1 unspecified atom stereocenters. The summed E-state index contributed by atoms with van der Waals surface area (Å²) in [5.74, 6) is -0.934. The summed E-state index contributed by atoms with van der Waals surface area (Å²) in [4.78, 5) is 17.2. The first-order chi connectivity index (χ1) is 7.08. The van der Waals surface area contributed by atoms with Gasteiger partial charge in [-0.1, -0.05) is 11.3 Å². The minimum atomic E-state index is -0.934. The van der Waals surface area contributed by atoms with Crippen molar-refractivity contribution in [3.8, 4) is 0 Å². The van der Waals surface area contributed by atoms with Crippen molar-refractivity contribution < 1.29 is 15.0 Å². The van der Waals surface area contributed by atoms with Crippen molar-refractivity contribution in [3.05, 3.63) is 10.6 Å². The van der Waals surface area contributed by atoms with Gasteiger partial charge in [0.15, 0.2) is 5.13 Å². The van der Waals surface area contributed by atoms with Crippen LogP contribution < -0.4 is 4.90 Å². The number of hydrogen-bond donors (Lipinski definition) is 2. The molecule has 6 heteroatoms. The van der Waals surface area contributed by atoms with Crippen LogP contribution >= 0.6 is 11.3 Å².